The number of aromatic nitrogens is 3. The van der Waals surface area contributed by atoms with E-state index in [-0.39, 0.29) is 17.6 Å². The van der Waals surface area contributed by atoms with Crippen LogP contribution in [0.3, 0.4) is 0 Å². The summed E-state index contributed by atoms with van der Waals surface area (Å²) in [4.78, 5) is 38.4. The van der Waals surface area contributed by atoms with Crippen LogP contribution >= 0.6 is 0 Å². The summed E-state index contributed by atoms with van der Waals surface area (Å²) in [6, 6.07) is 2.57. The monoisotopic (exact) mass is 480 g/mol. The van der Waals surface area contributed by atoms with E-state index in [9.17, 15) is 22.8 Å². The molecule has 9 nitrogen and oxygen atoms in total. The second-order valence-corrected chi connectivity index (χ2v) is 8.39. The van der Waals surface area contributed by atoms with Crippen LogP contribution in [0.4, 0.5) is 24.9 Å². The molecule has 0 aliphatic heterocycles. The van der Waals surface area contributed by atoms with E-state index in [2.05, 4.69) is 30.3 Å². The third kappa shape index (κ3) is 6.12. The fourth-order valence-electron chi connectivity index (χ4n) is 3.73. The first-order valence-electron chi connectivity index (χ1n) is 10.8. The number of amides is 1. The fraction of sp³-hybridized carbons (Fsp3) is 0.500. The van der Waals surface area contributed by atoms with E-state index in [1.54, 1.807) is 0 Å². The molecule has 0 atom stereocenters. The van der Waals surface area contributed by atoms with Gasteiger partial charge in [0.1, 0.15) is 11.4 Å². The van der Waals surface area contributed by atoms with Crippen molar-refractivity contribution in [1.29, 1.82) is 0 Å². The predicted octanol–water partition coefficient (Wildman–Crippen LogP) is 3.18. The molecule has 34 heavy (non-hydrogen) atoms. The average Bonchev–Trinajstić information content (AvgIpc) is 2.77. The number of anilines is 2. The fourth-order valence-corrected chi connectivity index (χ4v) is 3.73. The van der Waals surface area contributed by atoms with Gasteiger partial charge in [-0.15, -0.1) is 0 Å². The molecule has 184 valence electrons. The normalized spacial score (nSPS) is 18.2. The third-order valence-electron chi connectivity index (χ3n) is 5.62. The Kier molecular flexibility index (Phi) is 7.57. The minimum atomic E-state index is -5.19. The van der Waals surface area contributed by atoms with Gasteiger partial charge in [0.15, 0.2) is 0 Å². The Labute approximate surface area is 195 Å². The first-order chi connectivity index (χ1) is 16.0. The van der Waals surface area contributed by atoms with E-state index >= 15 is 0 Å². The zero-order valence-corrected chi connectivity index (χ0v) is 19.4. The molecular weight excluding hydrogens is 453 g/mol. The van der Waals surface area contributed by atoms with E-state index in [0.29, 0.717) is 18.8 Å². The van der Waals surface area contributed by atoms with Crippen LogP contribution in [-0.2, 0) is 4.79 Å². The van der Waals surface area contributed by atoms with Gasteiger partial charge in [0.2, 0.25) is 11.8 Å². The van der Waals surface area contributed by atoms with E-state index in [1.807, 2.05) is 32.8 Å². The van der Waals surface area contributed by atoms with Crippen LogP contribution < -0.4 is 20.3 Å². The van der Waals surface area contributed by atoms with Gasteiger partial charge < -0.3 is 20.3 Å². The van der Waals surface area contributed by atoms with E-state index in [1.165, 1.54) is 12.1 Å². The summed E-state index contributed by atoms with van der Waals surface area (Å²) < 4.78 is 41.8. The predicted molar refractivity (Wildman–Crippen MR) is 119 cm³/mol. The quantitative estimate of drug-likeness (QED) is 0.607. The van der Waals surface area contributed by atoms with Gasteiger partial charge in [0, 0.05) is 43.6 Å². The van der Waals surface area contributed by atoms with E-state index < -0.39 is 23.9 Å². The summed E-state index contributed by atoms with van der Waals surface area (Å²) >= 11 is 0. The lowest BCUT2D eigenvalue weighted by atomic mass is 9.91. The maximum atomic E-state index is 12.6. The number of hydrogen-bond acceptors (Lipinski definition) is 8. The number of nitrogens with zero attached hydrogens (tertiary/aromatic N) is 4. The highest BCUT2D eigenvalue weighted by Gasteiger charge is 2.42. The average molecular weight is 480 g/mol. The van der Waals surface area contributed by atoms with Crippen LogP contribution in [0.1, 0.15) is 47.3 Å². The van der Waals surface area contributed by atoms with Crippen molar-refractivity contribution in [2.75, 3.05) is 24.3 Å². The van der Waals surface area contributed by atoms with Crippen LogP contribution in [0.5, 0.6) is 5.88 Å². The zero-order chi connectivity index (χ0) is 25.0. The van der Waals surface area contributed by atoms with Crippen LogP contribution in [0.25, 0.3) is 0 Å². The first kappa shape index (κ1) is 25.2. The largest absolute Gasteiger partial charge is 0.491 e. The molecular formula is C22H27F3N6O3. The summed E-state index contributed by atoms with van der Waals surface area (Å²) in [5, 5.41) is 6.15. The molecule has 0 bridgehead atoms. The number of hydrogen-bond donors (Lipinski definition) is 2. The van der Waals surface area contributed by atoms with Gasteiger partial charge in [0.25, 0.3) is 5.91 Å². The molecule has 1 fully saturated rings. The number of esters is 1. The number of ether oxygens (including phenoxy) is 1. The van der Waals surface area contributed by atoms with Crippen molar-refractivity contribution in [2.45, 2.75) is 57.8 Å². The van der Waals surface area contributed by atoms with Gasteiger partial charge in [-0.05, 0) is 51.7 Å². The van der Waals surface area contributed by atoms with E-state index in [4.69, 9.17) is 0 Å². The Bertz CT molecular complexity index is 1050. The summed E-state index contributed by atoms with van der Waals surface area (Å²) in [6.07, 6.45) is -1.28. The number of alkyl halides is 3. The number of halogens is 3. The molecule has 1 aliphatic rings. The number of carbonyl (C=O) groups is 2. The smallest absolute Gasteiger partial charge is 0.400 e. The molecule has 12 heteroatoms. The molecule has 1 aliphatic carbocycles. The second-order valence-electron chi connectivity index (χ2n) is 8.39. The van der Waals surface area contributed by atoms with Gasteiger partial charge in [0.05, 0.1) is 0 Å². The lowest BCUT2D eigenvalue weighted by Gasteiger charge is -2.30. The molecule has 2 aromatic heterocycles. The minimum absolute atomic E-state index is 0.118. The molecule has 0 radical (unpaired) electrons. The third-order valence-corrected chi connectivity index (χ3v) is 5.62. The van der Waals surface area contributed by atoms with Gasteiger partial charge >= 0.3 is 12.1 Å². The van der Waals surface area contributed by atoms with Crippen molar-refractivity contribution in [2.24, 2.45) is 0 Å². The number of rotatable bonds is 6. The Morgan fingerprint density at radius 2 is 1.74 bits per heavy atom. The Morgan fingerprint density at radius 1 is 1.09 bits per heavy atom. The van der Waals surface area contributed by atoms with Gasteiger partial charge in [-0.25, -0.2) is 14.8 Å². The highest BCUT2D eigenvalue weighted by atomic mass is 19.4. The number of aryl methyl sites for hydroxylation is 1. The molecule has 0 aromatic carbocycles. The van der Waals surface area contributed by atoms with Gasteiger partial charge in [-0.3, -0.25) is 4.79 Å². The van der Waals surface area contributed by atoms with Gasteiger partial charge in [-0.2, -0.15) is 18.2 Å². The van der Waals surface area contributed by atoms with Crippen molar-refractivity contribution in [1.82, 2.24) is 20.3 Å². The van der Waals surface area contributed by atoms with Crippen molar-refractivity contribution in [3.05, 3.63) is 35.2 Å². The number of nitrogens with one attached hydrogen (secondary N) is 2. The van der Waals surface area contributed by atoms with E-state index in [0.717, 1.165) is 36.1 Å². The van der Waals surface area contributed by atoms with Crippen LogP contribution in [-0.4, -0.2) is 59.2 Å². The second kappa shape index (κ2) is 10.2. The SMILES string of the molecule is Cc1nc(NC2CCC(NC(=O)c3cccnc3OC(=O)C(F)(F)F)CC2)nc(N(C)C)c1C. The molecule has 0 saturated heterocycles. The molecule has 2 aromatic rings. The van der Waals surface area contributed by atoms with Crippen molar-refractivity contribution >= 4 is 23.6 Å². The Hall–Kier alpha value is -3.44. The molecule has 2 heterocycles. The first-order valence-corrected chi connectivity index (χ1v) is 10.8. The minimum Gasteiger partial charge on any atom is -0.400 e. The number of carbonyl (C=O) groups excluding carboxylic acids is 2. The lowest BCUT2D eigenvalue weighted by molar-refractivity contribution is -0.190. The Balaban J connectivity index is 1.58. The zero-order valence-electron chi connectivity index (χ0n) is 19.4. The highest BCUT2D eigenvalue weighted by molar-refractivity contribution is 5.97. The maximum absolute atomic E-state index is 12.6. The summed E-state index contributed by atoms with van der Waals surface area (Å²) in [5.41, 5.74) is 1.67. The topological polar surface area (TPSA) is 109 Å². The highest BCUT2D eigenvalue weighted by Crippen LogP contribution is 2.25. The van der Waals surface area contributed by atoms with Crippen molar-refractivity contribution < 1.29 is 27.5 Å². The van der Waals surface area contributed by atoms with Crippen LogP contribution in [0.15, 0.2) is 18.3 Å². The molecule has 1 amide bonds. The number of pyridine rings is 1. The molecule has 0 spiro atoms. The molecule has 2 N–H and O–H groups in total. The van der Waals surface area contributed by atoms with Gasteiger partial charge in [-0.1, -0.05) is 0 Å². The summed E-state index contributed by atoms with van der Waals surface area (Å²) in [7, 11) is 3.84. The molecule has 1 saturated carbocycles. The standard InChI is InChI=1S/C22H27F3N6O3/c1-12-13(2)27-21(30-17(12)31(3)4)29-15-9-7-14(8-10-15)28-18(32)16-6-5-11-26-19(16)34-20(33)22(23,24)25/h5-6,11,14-15H,7-10H2,1-4H3,(H,28,32)(H,27,29,30). The summed E-state index contributed by atoms with van der Waals surface area (Å²) in [5.74, 6) is -2.37. The molecule has 0 unspecified atom stereocenters. The lowest BCUT2D eigenvalue weighted by Crippen LogP contribution is -2.40. The van der Waals surface area contributed by atoms with Crippen LogP contribution in [0, 0.1) is 13.8 Å². The van der Waals surface area contributed by atoms with Crippen LogP contribution in [0.2, 0.25) is 0 Å². The maximum Gasteiger partial charge on any atom is 0.491 e. The van der Waals surface area contributed by atoms with Crippen molar-refractivity contribution in [3.63, 3.8) is 0 Å². The Morgan fingerprint density at radius 3 is 2.35 bits per heavy atom. The molecule has 3 rings (SSSR count). The summed E-state index contributed by atoms with van der Waals surface area (Å²) in [6.45, 7) is 3.90. The van der Waals surface area contributed by atoms with Crippen molar-refractivity contribution in [3.8, 4) is 5.88 Å².